The molecule has 1 heterocycles. The number of carbonyl (C=O) groups is 1. The van der Waals surface area contributed by atoms with Crippen LogP contribution in [-0.2, 0) is 6.42 Å². The lowest BCUT2D eigenvalue weighted by molar-refractivity contribution is 0.0807. The summed E-state index contributed by atoms with van der Waals surface area (Å²) in [5.74, 6) is -0.0874. The van der Waals surface area contributed by atoms with Crippen LogP contribution in [0.1, 0.15) is 80.2 Å². The number of hydrogen-bond donors (Lipinski definition) is 2. The van der Waals surface area contributed by atoms with Crippen molar-refractivity contribution in [3.05, 3.63) is 53.3 Å². The first kappa shape index (κ1) is 19.6. The Bertz CT molecular complexity index is 761. The van der Waals surface area contributed by atoms with Crippen LogP contribution in [0, 0.1) is 5.41 Å². The summed E-state index contributed by atoms with van der Waals surface area (Å²) in [7, 11) is 0. The second-order valence-electron chi connectivity index (χ2n) is 7.63. The molecule has 0 saturated heterocycles. The summed E-state index contributed by atoms with van der Waals surface area (Å²) in [6.45, 7) is 6.85. The van der Waals surface area contributed by atoms with E-state index in [0.29, 0.717) is 18.2 Å². The molecule has 0 unspecified atom stereocenters. The zero-order chi connectivity index (χ0) is 19.4. The molecule has 1 saturated carbocycles. The van der Waals surface area contributed by atoms with E-state index in [0.717, 1.165) is 43.4 Å². The Morgan fingerprint density at radius 3 is 2.44 bits per heavy atom. The van der Waals surface area contributed by atoms with E-state index in [1.807, 2.05) is 35.0 Å². The van der Waals surface area contributed by atoms with E-state index in [9.17, 15) is 9.90 Å². The van der Waals surface area contributed by atoms with Crippen molar-refractivity contribution in [1.29, 1.82) is 0 Å². The predicted octanol–water partition coefficient (Wildman–Crippen LogP) is 4.05. The standard InChI is InChI=1S/C22H31N3O2/c1-4-17(5-2)25-19(6-3)18(14-24-25)21(27)23-15-22(12-13-22)20(26)16-10-8-7-9-11-16/h7-11,14,17,20,26H,4-6,12-13,15H2,1-3H3,(H,23,27)/t20-/m1/s1. The van der Waals surface area contributed by atoms with Crippen LogP contribution in [0.25, 0.3) is 0 Å². The molecule has 2 N–H and O–H groups in total. The minimum absolute atomic E-state index is 0.0874. The van der Waals surface area contributed by atoms with Crippen molar-refractivity contribution in [3.8, 4) is 0 Å². The topological polar surface area (TPSA) is 67.2 Å². The first-order valence-corrected chi connectivity index (χ1v) is 10.1. The molecule has 1 fully saturated rings. The lowest BCUT2D eigenvalue weighted by Crippen LogP contribution is -2.33. The monoisotopic (exact) mass is 369 g/mol. The van der Waals surface area contributed by atoms with Gasteiger partial charge >= 0.3 is 0 Å². The molecule has 5 nitrogen and oxygen atoms in total. The molecular formula is C22H31N3O2. The first-order chi connectivity index (χ1) is 13.1. The Morgan fingerprint density at radius 2 is 1.89 bits per heavy atom. The van der Waals surface area contributed by atoms with E-state index in [4.69, 9.17) is 0 Å². The Kier molecular flexibility index (Phi) is 6.00. The van der Waals surface area contributed by atoms with Crippen LogP contribution >= 0.6 is 0 Å². The van der Waals surface area contributed by atoms with Gasteiger partial charge < -0.3 is 10.4 Å². The highest BCUT2D eigenvalue weighted by Gasteiger charge is 2.49. The molecule has 3 rings (SSSR count). The van der Waals surface area contributed by atoms with Crippen molar-refractivity contribution in [2.45, 2.75) is 65.0 Å². The zero-order valence-corrected chi connectivity index (χ0v) is 16.6. The number of nitrogens with one attached hydrogen (secondary N) is 1. The average molecular weight is 370 g/mol. The molecule has 146 valence electrons. The van der Waals surface area contributed by atoms with E-state index < -0.39 is 6.10 Å². The lowest BCUT2D eigenvalue weighted by atomic mass is 9.92. The summed E-state index contributed by atoms with van der Waals surface area (Å²) in [6, 6.07) is 10.0. The largest absolute Gasteiger partial charge is 0.388 e. The maximum absolute atomic E-state index is 12.8. The number of aromatic nitrogens is 2. The smallest absolute Gasteiger partial charge is 0.254 e. The highest BCUT2D eigenvalue weighted by molar-refractivity contribution is 5.95. The highest BCUT2D eigenvalue weighted by atomic mass is 16.3. The molecule has 1 aliphatic rings. The van der Waals surface area contributed by atoms with E-state index >= 15 is 0 Å². The molecule has 1 amide bonds. The molecule has 0 bridgehead atoms. The zero-order valence-electron chi connectivity index (χ0n) is 16.6. The second-order valence-corrected chi connectivity index (χ2v) is 7.63. The van der Waals surface area contributed by atoms with Crippen molar-refractivity contribution in [2.24, 2.45) is 5.41 Å². The van der Waals surface area contributed by atoms with E-state index in [1.165, 1.54) is 0 Å². The Hall–Kier alpha value is -2.14. The normalized spacial score (nSPS) is 16.3. The number of nitrogens with zero attached hydrogens (tertiary/aromatic N) is 2. The number of aliphatic hydroxyl groups is 1. The van der Waals surface area contributed by atoms with Gasteiger partial charge in [0.05, 0.1) is 29.6 Å². The molecule has 0 radical (unpaired) electrons. The fourth-order valence-corrected chi connectivity index (χ4v) is 3.93. The molecule has 0 spiro atoms. The number of benzene rings is 1. The van der Waals surface area contributed by atoms with Gasteiger partial charge in [-0.25, -0.2) is 0 Å². The minimum atomic E-state index is -0.545. The Morgan fingerprint density at radius 1 is 1.22 bits per heavy atom. The van der Waals surface area contributed by atoms with Crippen LogP contribution in [0.15, 0.2) is 36.5 Å². The number of rotatable bonds is 9. The molecular weight excluding hydrogens is 338 g/mol. The molecule has 1 atom stereocenters. The third-order valence-electron chi connectivity index (χ3n) is 5.96. The minimum Gasteiger partial charge on any atom is -0.388 e. The Balaban J connectivity index is 1.70. The molecule has 1 aromatic carbocycles. The summed E-state index contributed by atoms with van der Waals surface area (Å²) >= 11 is 0. The SMILES string of the molecule is CCc1c(C(=O)NCC2([C@H](O)c3ccccc3)CC2)cnn1C(CC)CC. The lowest BCUT2D eigenvalue weighted by Gasteiger charge is -2.23. The van der Waals surface area contributed by atoms with Crippen LogP contribution in [0.2, 0.25) is 0 Å². The molecule has 0 aliphatic heterocycles. The van der Waals surface area contributed by atoms with Crippen LogP contribution in [0.3, 0.4) is 0 Å². The van der Waals surface area contributed by atoms with E-state index in [1.54, 1.807) is 6.20 Å². The van der Waals surface area contributed by atoms with Gasteiger partial charge in [-0.05, 0) is 37.7 Å². The van der Waals surface area contributed by atoms with Gasteiger partial charge in [0.25, 0.3) is 5.91 Å². The molecule has 1 aliphatic carbocycles. The number of carbonyl (C=O) groups excluding carboxylic acids is 1. The summed E-state index contributed by atoms with van der Waals surface area (Å²) in [6.07, 6.45) is 5.78. The first-order valence-electron chi connectivity index (χ1n) is 10.1. The fourth-order valence-electron chi connectivity index (χ4n) is 3.93. The number of aliphatic hydroxyl groups excluding tert-OH is 1. The van der Waals surface area contributed by atoms with E-state index in [2.05, 4.69) is 31.2 Å². The van der Waals surface area contributed by atoms with Gasteiger partial charge in [-0.1, -0.05) is 51.1 Å². The third kappa shape index (κ3) is 3.93. The summed E-state index contributed by atoms with van der Waals surface area (Å²) < 4.78 is 2.01. The molecule has 2 aromatic rings. The van der Waals surface area contributed by atoms with Gasteiger partial charge in [0.15, 0.2) is 0 Å². The van der Waals surface area contributed by atoms with Crippen LogP contribution in [0.4, 0.5) is 0 Å². The quantitative estimate of drug-likeness (QED) is 0.701. The van der Waals surface area contributed by atoms with Crippen molar-refractivity contribution in [2.75, 3.05) is 6.54 Å². The molecule has 1 aromatic heterocycles. The van der Waals surface area contributed by atoms with Crippen molar-refractivity contribution < 1.29 is 9.90 Å². The highest BCUT2D eigenvalue weighted by Crippen LogP contribution is 2.54. The van der Waals surface area contributed by atoms with Gasteiger partial charge in [-0.2, -0.15) is 5.10 Å². The van der Waals surface area contributed by atoms with Gasteiger partial charge in [0.2, 0.25) is 0 Å². The van der Waals surface area contributed by atoms with Gasteiger partial charge in [-0.15, -0.1) is 0 Å². The van der Waals surface area contributed by atoms with Crippen LogP contribution in [-0.4, -0.2) is 27.3 Å². The summed E-state index contributed by atoms with van der Waals surface area (Å²) in [5.41, 5.74) is 2.33. The van der Waals surface area contributed by atoms with Crippen molar-refractivity contribution in [1.82, 2.24) is 15.1 Å². The predicted molar refractivity (Wildman–Crippen MR) is 107 cm³/mol. The van der Waals surface area contributed by atoms with Crippen LogP contribution < -0.4 is 5.32 Å². The van der Waals surface area contributed by atoms with Crippen LogP contribution in [0.5, 0.6) is 0 Å². The molecule has 5 heteroatoms. The van der Waals surface area contributed by atoms with Gasteiger partial charge in [0, 0.05) is 12.0 Å². The third-order valence-corrected chi connectivity index (χ3v) is 5.96. The van der Waals surface area contributed by atoms with Gasteiger partial charge in [0.1, 0.15) is 0 Å². The maximum Gasteiger partial charge on any atom is 0.254 e. The van der Waals surface area contributed by atoms with E-state index in [-0.39, 0.29) is 11.3 Å². The second kappa shape index (κ2) is 8.26. The summed E-state index contributed by atoms with van der Waals surface area (Å²) in [4.78, 5) is 12.8. The maximum atomic E-state index is 12.8. The number of amides is 1. The average Bonchev–Trinajstić information content (AvgIpc) is 3.39. The summed E-state index contributed by atoms with van der Waals surface area (Å²) in [5, 5.41) is 18.3. The number of hydrogen-bond acceptors (Lipinski definition) is 3. The van der Waals surface area contributed by atoms with Gasteiger partial charge in [-0.3, -0.25) is 9.48 Å². The fraction of sp³-hybridized carbons (Fsp3) is 0.545. The van der Waals surface area contributed by atoms with Crippen molar-refractivity contribution >= 4 is 5.91 Å². The van der Waals surface area contributed by atoms with Crippen molar-refractivity contribution in [3.63, 3.8) is 0 Å². The Labute approximate surface area is 161 Å². The molecule has 27 heavy (non-hydrogen) atoms.